The van der Waals surface area contributed by atoms with Gasteiger partial charge in [0.1, 0.15) is 5.75 Å². The lowest BCUT2D eigenvalue weighted by atomic mass is 10.2. The van der Waals surface area contributed by atoms with Gasteiger partial charge >= 0.3 is 0 Å². The predicted octanol–water partition coefficient (Wildman–Crippen LogP) is 1.91. The van der Waals surface area contributed by atoms with Crippen molar-refractivity contribution in [2.75, 3.05) is 7.11 Å². The van der Waals surface area contributed by atoms with Gasteiger partial charge in [-0.2, -0.15) is 4.57 Å². The number of aldehydes is 1. The van der Waals surface area contributed by atoms with E-state index in [2.05, 4.69) is 0 Å². The van der Waals surface area contributed by atoms with E-state index in [4.69, 9.17) is 4.74 Å². The molecule has 0 spiro atoms. The predicted molar refractivity (Wildman–Crippen MR) is 62.6 cm³/mol. The zero-order chi connectivity index (χ0) is 11.4. The Labute approximate surface area is 97.9 Å². The van der Waals surface area contributed by atoms with Gasteiger partial charge < -0.3 is 4.74 Å². The maximum Gasteiger partial charge on any atom is 0.269 e. The third-order valence-electron chi connectivity index (χ3n) is 2.29. The fraction of sp³-hybridized carbons (Fsp3) is 0.167. The van der Waals surface area contributed by atoms with Crippen LogP contribution in [0.15, 0.2) is 35.8 Å². The molecular formula is C12H12NO2S+. The zero-order valence-corrected chi connectivity index (χ0v) is 9.74. The lowest BCUT2D eigenvalue weighted by molar-refractivity contribution is -0.667. The number of hydrogen-bond acceptors (Lipinski definition) is 3. The minimum Gasteiger partial charge on any atom is -0.497 e. The summed E-state index contributed by atoms with van der Waals surface area (Å²) < 4.78 is 7.03. The minimum atomic E-state index is 0.394. The van der Waals surface area contributed by atoms with Crippen molar-refractivity contribution in [1.82, 2.24) is 0 Å². The molecule has 3 nitrogen and oxygen atoms in total. The van der Waals surface area contributed by atoms with Crippen LogP contribution in [0, 0.1) is 0 Å². The molecule has 0 aliphatic rings. The quantitative estimate of drug-likeness (QED) is 0.597. The Morgan fingerprint density at radius 2 is 2.12 bits per heavy atom. The Morgan fingerprint density at radius 1 is 1.38 bits per heavy atom. The molecule has 0 aliphatic heterocycles. The molecule has 16 heavy (non-hydrogen) atoms. The smallest absolute Gasteiger partial charge is 0.269 e. The summed E-state index contributed by atoms with van der Waals surface area (Å²) in [5.74, 6) is 0.835. The standard InChI is InChI=1S/C12H12NO2S/c1-15-11-4-2-10(3-5-11)12-13(6-8-14)7-9-16-12/h2-5,7-9H,6H2,1H3/q+1. The van der Waals surface area contributed by atoms with Crippen LogP contribution in [0.4, 0.5) is 0 Å². The Hall–Kier alpha value is -1.68. The van der Waals surface area contributed by atoms with Crippen LogP contribution in [-0.2, 0) is 11.3 Å². The van der Waals surface area contributed by atoms with Crippen molar-refractivity contribution in [1.29, 1.82) is 0 Å². The molecule has 0 aliphatic carbocycles. The van der Waals surface area contributed by atoms with E-state index in [0.717, 1.165) is 22.6 Å². The Bertz CT molecular complexity index is 476. The molecule has 1 aromatic carbocycles. The summed E-state index contributed by atoms with van der Waals surface area (Å²) in [6.07, 6.45) is 2.82. The first-order valence-electron chi connectivity index (χ1n) is 4.90. The zero-order valence-electron chi connectivity index (χ0n) is 8.92. The normalized spacial score (nSPS) is 10.1. The van der Waals surface area contributed by atoms with Crippen LogP contribution in [0.2, 0.25) is 0 Å². The van der Waals surface area contributed by atoms with Crippen molar-refractivity contribution < 1.29 is 14.1 Å². The molecule has 0 amide bonds. The molecule has 0 bridgehead atoms. The van der Waals surface area contributed by atoms with Gasteiger partial charge in [-0.05, 0) is 24.3 Å². The van der Waals surface area contributed by atoms with E-state index in [9.17, 15) is 4.79 Å². The van der Waals surface area contributed by atoms with E-state index in [1.54, 1.807) is 18.4 Å². The number of ether oxygens (including phenoxy) is 1. The number of carbonyl (C=O) groups excluding carboxylic acids is 1. The molecule has 0 radical (unpaired) electrons. The van der Waals surface area contributed by atoms with Gasteiger partial charge in [-0.3, -0.25) is 4.79 Å². The van der Waals surface area contributed by atoms with Crippen molar-refractivity contribution in [2.24, 2.45) is 0 Å². The third kappa shape index (κ3) is 2.12. The number of aromatic nitrogens is 1. The van der Waals surface area contributed by atoms with E-state index in [1.807, 2.05) is 40.4 Å². The van der Waals surface area contributed by atoms with Crippen molar-refractivity contribution in [3.05, 3.63) is 35.8 Å². The van der Waals surface area contributed by atoms with Crippen LogP contribution in [0.25, 0.3) is 10.6 Å². The number of carbonyl (C=O) groups is 1. The number of methoxy groups -OCH3 is 1. The highest BCUT2D eigenvalue weighted by molar-refractivity contribution is 7.12. The molecule has 4 heteroatoms. The van der Waals surface area contributed by atoms with Crippen LogP contribution < -0.4 is 9.30 Å². The third-order valence-corrected chi connectivity index (χ3v) is 3.24. The molecule has 1 heterocycles. The van der Waals surface area contributed by atoms with Gasteiger partial charge in [0, 0.05) is 0 Å². The molecule has 2 rings (SSSR count). The Morgan fingerprint density at radius 3 is 2.75 bits per heavy atom. The number of benzene rings is 1. The van der Waals surface area contributed by atoms with E-state index in [0.29, 0.717) is 6.54 Å². The fourth-order valence-corrected chi connectivity index (χ4v) is 2.37. The van der Waals surface area contributed by atoms with Crippen molar-refractivity contribution in [3.63, 3.8) is 0 Å². The van der Waals surface area contributed by atoms with Crippen molar-refractivity contribution >= 4 is 17.6 Å². The molecule has 0 unspecified atom stereocenters. The highest BCUT2D eigenvalue weighted by Crippen LogP contribution is 2.22. The molecule has 0 saturated heterocycles. The molecule has 1 aromatic heterocycles. The minimum absolute atomic E-state index is 0.394. The first kappa shape index (κ1) is 10.8. The lowest BCUT2D eigenvalue weighted by Gasteiger charge is -1.99. The number of hydrogen-bond donors (Lipinski definition) is 0. The Kier molecular flexibility index (Phi) is 3.31. The van der Waals surface area contributed by atoms with Crippen LogP contribution >= 0.6 is 11.3 Å². The van der Waals surface area contributed by atoms with Gasteiger partial charge in [-0.1, -0.05) is 11.3 Å². The summed E-state index contributed by atoms with van der Waals surface area (Å²) in [5.41, 5.74) is 1.10. The van der Waals surface area contributed by atoms with Gasteiger partial charge in [-0.15, -0.1) is 0 Å². The second kappa shape index (κ2) is 4.90. The SMILES string of the molecule is COc1ccc(-c2scc[n+]2CC=O)cc1. The Balaban J connectivity index is 2.34. The van der Waals surface area contributed by atoms with Crippen molar-refractivity contribution in [3.8, 4) is 16.3 Å². The maximum atomic E-state index is 10.5. The average Bonchev–Trinajstić information content (AvgIpc) is 2.78. The van der Waals surface area contributed by atoms with Gasteiger partial charge in [0.2, 0.25) is 6.54 Å². The largest absolute Gasteiger partial charge is 0.497 e. The van der Waals surface area contributed by atoms with Gasteiger partial charge in [0.05, 0.1) is 18.1 Å². The monoisotopic (exact) mass is 234 g/mol. The summed E-state index contributed by atoms with van der Waals surface area (Å²) in [6.45, 7) is 0.394. The number of nitrogens with zero attached hydrogens (tertiary/aromatic N) is 1. The summed E-state index contributed by atoms with van der Waals surface area (Å²) in [7, 11) is 1.65. The maximum absolute atomic E-state index is 10.5. The van der Waals surface area contributed by atoms with Crippen LogP contribution in [-0.4, -0.2) is 13.4 Å². The molecule has 0 fully saturated rings. The fourth-order valence-electron chi connectivity index (χ4n) is 1.50. The first-order valence-corrected chi connectivity index (χ1v) is 5.78. The van der Waals surface area contributed by atoms with Crippen LogP contribution in [0.3, 0.4) is 0 Å². The first-order chi connectivity index (χ1) is 7.85. The van der Waals surface area contributed by atoms with Crippen LogP contribution in [0.5, 0.6) is 5.75 Å². The summed E-state index contributed by atoms with van der Waals surface area (Å²) in [4.78, 5) is 10.5. The molecule has 82 valence electrons. The lowest BCUT2D eigenvalue weighted by Crippen LogP contribution is -2.33. The van der Waals surface area contributed by atoms with E-state index < -0.39 is 0 Å². The molecule has 2 aromatic rings. The average molecular weight is 234 g/mol. The van der Waals surface area contributed by atoms with Crippen LogP contribution in [0.1, 0.15) is 0 Å². The summed E-state index contributed by atoms with van der Waals surface area (Å²) >= 11 is 1.62. The highest BCUT2D eigenvalue weighted by Gasteiger charge is 2.13. The van der Waals surface area contributed by atoms with Gasteiger partial charge in [0.15, 0.2) is 12.5 Å². The topological polar surface area (TPSA) is 30.2 Å². The van der Waals surface area contributed by atoms with Crippen molar-refractivity contribution in [2.45, 2.75) is 6.54 Å². The van der Waals surface area contributed by atoms with E-state index in [-0.39, 0.29) is 0 Å². The second-order valence-corrected chi connectivity index (χ2v) is 4.15. The van der Waals surface area contributed by atoms with E-state index >= 15 is 0 Å². The number of rotatable bonds is 4. The summed E-state index contributed by atoms with van der Waals surface area (Å²) in [5, 5.41) is 3.05. The van der Waals surface area contributed by atoms with Gasteiger partial charge in [0.25, 0.3) is 5.01 Å². The molecule has 0 atom stereocenters. The molecule has 0 saturated carbocycles. The van der Waals surface area contributed by atoms with E-state index in [1.165, 1.54) is 0 Å². The molecule has 0 N–H and O–H groups in total. The van der Waals surface area contributed by atoms with Gasteiger partial charge in [-0.25, -0.2) is 0 Å². The number of thiazole rings is 1. The highest BCUT2D eigenvalue weighted by atomic mass is 32.1. The summed E-state index contributed by atoms with van der Waals surface area (Å²) in [6, 6.07) is 7.82. The molecular weight excluding hydrogens is 222 g/mol. The second-order valence-electron chi connectivity index (χ2n) is 3.26.